The van der Waals surface area contributed by atoms with Gasteiger partial charge in [-0.15, -0.1) is 0 Å². The van der Waals surface area contributed by atoms with Crippen LogP contribution < -0.4 is 0 Å². The second-order valence-corrected chi connectivity index (χ2v) is 7.49. The summed E-state index contributed by atoms with van der Waals surface area (Å²) >= 11 is 0. The maximum atomic E-state index is 12.3. The Morgan fingerprint density at radius 2 is 1.96 bits per heavy atom. The van der Waals surface area contributed by atoms with Crippen molar-refractivity contribution >= 4 is 12.3 Å². The van der Waals surface area contributed by atoms with Gasteiger partial charge in [-0.25, -0.2) is 0 Å². The summed E-state index contributed by atoms with van der Waals surface area (Å²) in [5.41, 5.74) is 0. The molecule has 1 fully saturated rings. The van der Waals surface area contributed by atoms with E-state index in [1.54, 1.807) is 19.1 Å². The number of rotatable bonds is 2. The Morgan fingerprint density at radius 1 is 1.23 bits per heavy atom. The third-order valence-corrected chi connectivity index (χ3v) is 5.60. The van der Waals surface area contributed by atoms with E-state index < -0.39 is 36.1 Å². The minimum Gasteiger partial charge on any atom is -0.462 e. The first-order valence-corrected chi connectivity index (χ1v) is 9.26. The van der Waals surface area contributed by atoms with Gasteiger partial charge in [0.1, 0.15) is 12.4 Å². The molecule has 0 radical (unpaired) electrons. The maximum absolute atomic E-state index is 12.3. The number of aliphatic hydroxyl groups excluding tert-OH is 2. The first kappa shape index (κ1) is 20.8. The summed E-state index contributed by atoms with van der Waals surface area (Å²) < 4.78 is 10.9. The summed E-state index contributed by atoms with van der Waals surface area (Å²) in [6.07, 6.45) is 6.56. The van der Waals surface area contributed by atoms with Gasteiger partial charge < -0.3 is 24.5 Å². The highest BCUT2D eigenvalue weighted by Crippen LogP contribution is 2.43. The van der Waals surface area contributed by atoms with Gasteiger partial charge in [-0.2, -0.15) is 0 Å². The Hall–Kier alpha value is -1.50. The molecule has 2 aliphatic rings. The number of aliphatic hydroxyl groups is 2. The van der Waals surface area contributed by atoms with E-state index in [4.69, 9.17) is 9.47 Å². The number of methoxy groups -OCH3 is 1. The monoisotopic (exact) mass is 366 g/mol. The molecule has 2 rings (SSSR count). The fraction of sp³-hybridized carbons (Fsp3) is 0.700. The van der Waals surface area contributed by atoms with Crippen LogP contribution in [0.3, 0.4) is 0 Å². The Balaban J connectivity index is 2.31. The van der Waals surface area contributed by atoms with Crippen molar-refractivity contribution in [1.29, 1.82) is 0 Å². The molecule has 1 saturated carbocycles. The number of allylic oxidation sites excluding steroid dienone is 2. The lowest BCUT2D eigenvalue weighted by Gasteiger charge is -2.25. The zero-order valence-electron chi connectivity index (χ0n) is 15.7. The van der Waals surface area contributed by atoms with Crippen LogP contribution in [0.1, 0.15) is 33.1 Å². The lowest BCUT2D eigenvalue weighted by atomic mass is 9.82. The first-order valence-electron chi connectivity index (χ1n) is 9.26. The Kier molecular flexibility index (Phi) is 7.55. The van der Waals surface area contributed by atoms with Gasteiger partial charge in [0.05, 0.1) is 24.7 Å². The highest BCUT2D eigenvalue weighted by atomic mass is 16.5. The topological polar surface area (TPSA) is 93.1 Å². The Morgan fingerprint density at radius 3 is 2.62 bits per heavy atom. The predicted octanol–water partition coefficient (Wildman–Crippen LogP) is 1.65. The van der Waals surface area contributed by atoms with E-state index in [0.29, 0.717) is 12.8 Å². The van der Waals surface area contributed by atoms with Gasteiger partial charge in [0, 0.05) is 25.4 Å². The van der Waals surface area contributed by atoms with Crippen molar-refractivity contribution in [2.24, 2.45) is 23.7 Å². The minimum absolute atomic E-state index is 0.0265. The summed E-state index contributed by atoms with van der Waals surface area (Å²) in [5.74, 6) is -1.85. The van der Waals surface area contributed by atoms with E-state index in [1.165, 1.54) is 7.11 Å². The third kappa shape index (κ3) is 4.81. The van der Waals surface area contributed by atoms with Crippen molar-refractivity contribution in [2.75, 3.05) is 7.11 Å². The quantitative estimate of drug-likeness (QED) is 0.570. The summed E-state index contributed by atoms with van der Waals surface area (Å²) in [6, 6.07) is 0. The van der Waals surface area contributed by atoms with Gasteiger partial charge >= 0.3 is 5.97 Å². The van der Waals surface area contributed by atoms with Gasteiger partial charge in [0.25, 0.3) is 0 Å². The number of esters is 1. The molecule has 0 aromatic heterocycles. The molecule has 8 atom stereocenters. The number of aldehydes is 1. The van der Waals surface area contributed by atoms with E-state index in [1.807, 2.05) is 19.1 Å². The predicted molar refractivity (Wildman–Crippen MR) is 96.2 cm³/mol. The molecule has 2 bridgehead atoms. The highest BCUT2D eigenvalue weighted by Gasteiger charge is 2.51. The van der Waals surface area contributed by atoms with Crippen molar-refractivity contribution in [3.05, 3.63) is 24.3 Å². The number of carbonyl (C=O) groups excluding carboxylic acids is 2. The summed E-state index contributed by atoms with van der Waals surface area (Å²) in [4.78, 5) is 24.1. The number of cyclic esters (lactones) is 1. The molecule has 0 aromatic rings. The molecule has 1 aliphatic heterocycles. The molecular weight excluding hydrogens is 336 g/mol. The summed E-state index contributed by atoms with van der Waals surface area (Å²) in [6.45, 7) is 3.69. The summed E-state index contributed by atoms with van der Waals surface area (Å²) in [7, 11) is 1.48. The van der Waals surface area contributed by atoms with E-state index in [9.17, 15) is 19.8 Å². The second kappa shape index (κ2) is 9.44. The minimum atomic E-state index is -0.864. The lowest BCUT2D eigenvalue weighted by molar-refractivity contribution is -0.151. The van der Waals surface area contributed by atoms with Crippen LogP contribution >= 0.6 is 0 Å². The van der Waals surface area contributed by atoms with Crippen LogP contribution in [0.2, 0.25) is 0 Å². The molecule has 0 unspecified atom stereocenters. The Labute approximate surface area is 154 Å². The molecular formula is C20H30O6. The Bertz CT molecular complexity index is 542. The van der Waals surface area contributed by atoms with Gasteiger partial charge in [0.2, 0.25) is 0 Å². The van der Waals surface area contributed by atoms with Crippen molar-refractivity contribution < 1.29 is 29.3 Å². The first-order chi connectivity index (χ1) is 12.4. The molecule has 0 spiro atoms. The molecule has 146 valence electrons. The standard InChI is InChI=1S/C20H30O6/c1-12-9-14-16(11-21)15(20(25-3)19(14)24)10-18(23)26-13(2)7-5-4-6-8-17(12)22/h4-6,8,11-17,19-20,22,24H,7,9-10H2,1-3H3/b5-4+,8-6+/t12-,13-,14-,15-,16+,17+,19+,20+/m1/s1. The molecule has 26 heavy (non-hydrogen) atoms. The van der Waals surface area contributed by atoms with Crippen molar-refractivity contribution in [3.63, 3.8) is 0 Å². The van der Waals surface area contributed by atoms with E-state index in [-0.39, 0.29) is 24.4 Å². The van der Waals surface area contributed by atoms with Crippen LogP contribution in [0.4, 0.5) is 0 Å². The average molecular weight is 366 g/mol. The number of carbonyl (C=O) groups is 2. The molecule has 0 aromatic carbocycles. The molecule has 0 saturated heterocycles. The van der Waals surface area contributed by atoms with Gasteiger partial charge in [-0.05, 0) is 25.2 Å². The normalized spacial score (nSPS) is 44.4. The fourth-order valence-corrected chi connectivity index (χ4v) is 4.12. The highest BCUT2D eigenvalue weighted by molar-refractivity contribution is 5.71. The molecule has 6 nitrogen and oxygen atoms in total. The van der Waals surface area contributed by atoms with Crippen LogP contribution in [0, 0.1) is 23.7 Å². The molecule has 1 aliphatic carbocycles. The average Bonchev–Trinajstić information content (AvgIpc) is 2.83. The van der Waals surface area contributed by atoms with Crippen molar-refractivity contribution in [2.45, 2.75) is 57.5 Å². The van der Waals surface area contributed by atoms with Crippen LogP contribution in [0.25, 0.3) is 0 Å². The van der Waals surface area contributed by atoms with Crippen LogP contribution in [0.5, 0.6) is 0 Å². The number of hydrogen-bond donors (Lipinski definition) is 2. The van der Waals surface area contributed by atoms with Crippen molar-refractivity contribution in [3.8, 4) is 0 Å². The second-order valence-electron chi connectivity index (χ2n) is 7.49. The lowest BCUT2D eigenvalue weighted by Crippen LogP contribution is -2.32. The van der Waals surface area contributed by atoms with Gasteiger partial charge in [-0.1, -0.05) is 31.2 Å². The van der Waals surface area contributed by atoms with Crippen LogP contribution in [-0.4, -0.2) is 54.0 Å². The van der Waals surface area contributed by atoms with E-state index >= 15 is 0 Å². The van der Waals surface area contributed by atoms with Crippen LogP contribution in [0.15, 0.2) is 24.3 Å². The SMILES string of the molecule is CO[C@@H]1[C@@H](O)[C@@H]2C[C@@H](C)[C@@H](O)/C=C/C=C/C[C@@H](C)OC(=O)C[C@@H]1[C@H]2C=O. The molecule has 1 heterocycles. The van der Waals surface area contributed by atoms with Gasteiger partial charge in [-0.3, -0.25) is 4.79 Å². The smallest absolute Gasteiger partial charge is 0.306 e. The number of ether oxygens (including phenoxy) is 2. The summed E-state index contributed by atoms with van der Waals surface area (Å²) in [5, 5.41) is 21.0. The fourth-order valence-electron chi connectivity index (χ4n) is 4.12. The molecule has 6 heteroatoms. The van der Waals surface area contributed by atoms with Gasteiger partial charge in [0.15, 0.2) is 0 Å². The third-order valence-electron chi connectivity index (χ3n) is 5.60. The molecule has 0 amide bonds. The zero-order chi connectivity index (χ0) is 19.3. The number of fused-ring (bicyclic) bond motifs is 2. The van der Waals surface area contributed by atoms with Crippen molar-refractivity contribution in [1.82, 2.24) is 0 Å². The zero-order valence-corrected chi connectivity index (χ0v) is 15.7. The van der Waals surface area contributed by atoms with E-state index in [2.05, 4.69) is 0 Å². The van der Waals surface area contributed by atoms with Crippen LogP contribution in [-0.2, 0) is 19.1 Å². The van der Waals surface area contributed by atoms with E-state index in [0.717, 1.165) is 6.29 Å². The maximum Gasteiger partial charge on any atom is 0.306 e. The molecule has 2 N–H and O–H groups in total. The number of hydrogen-bond acceptors (Lipinski definition) is 6. The largest absolute Gasteiger partial charge is 0.462 e.